The molecule has 0 saturated carbocycles. The second kappa shape index (κ2) is 4.00. The van der Waals surface area contributed by atoms with E-state index >= 15 is 0 Å². The molecular formula is C8H12ClN5O. The molecule has 1 atom stereocenters. The van der Waals surface area contributed by atoms with Crippen LogP contribution in [0, 0.1) is 0 Å². The number of rotatable bonds is 1. The van der Waals surface area contributed by atoms with Crippen LogP contribution in [0.15, 0.2) is 17.2 Å². The summed E-state index contributed by atoms with van der Waals surface area (Å²) in [7, 11) is 1.67. The Morgan fingerprint density at radius 3 is 2.67 bits per heavy atom. The van der Waals surface area contributed by atoms with Gasteiger partial charge in [0.15, 0.2) is 5.82 Å². The molecule has 6 nitrogen and oxygen atoms in total. The first-order chi connectivity index (χ1) is 6.61. The van der Waals surface area contributed by atoms with Crippen LogP contribution in [0.2, 0.25) is 0 Å². The number of hydrogen-bond acceptors (Lipinski definition) is 4. The molecule has 82 valence electrons. The normalized spacial score (nSPS) is 12.5. The Morgan fingerprint density at radius 2 is 2.07 bits per heavy atom. The summed E-state index contributed by atoms with van der Waals surface area (Å²) in [4.78, 5) is 11.6. The van der Waals surface area contributed by atoms with Crippen LogP contribution in [0.3, 0.4) is 0 Å². The van der Waals surface area contributed by atoms with Crippen LogP contribution in [0.4, 0.5) is 0 Å². The average molecular weight is 230 g/mol. The highest BCUT2D eigenvalue weighted by Gasteiger charge is 2.11. The molecular weight excluding hydrogens is 218 g/mol. The molecule has 0 aliphatic heterocycles. The maximum Gasteiger partial charge on any atom is 0.295 e. The van der Waals surface area contributed by atoms with E-state index in [1.54, 1.807) is 30.8 Å². The smallest absolute Gasteiger partial charge is 0.295 e. The van der Waals surface area contributed by atoms with Crippen molar-refractivity contribution in [3.05, 3.63) is 28.6 Å². The lowest BCUT2D eigenvalue weighted by Gasteiger charge is -2.02. The van der Waals surface area contributed by atoms with Crippen LogP contribution < -0.4 is 11.3 Å². The Bertz CT molecular complexity index is 529. The number of nitrogens with zero attached hydrogens (tertiary/aromatic N) is 4. The molecule has 0 aliphatic rings. The van der Waals surface area contributed by atoms with Gasteiger partial charge in [-0.1, -0.05) is 0 Å². The highest BCUT2D eigenvalue weighted by molar-refractivity contribution is 5.85. The van der Waals surface area contributed by atoms with E-state index in [4.69, 9.17) is 5.73 Å². The van der Waals surface area contributed by atoms with Gasteiger partial charge in [-0.25, -0.2) is 0 Å². The second-order valence-corrected chi connectivity index (χ2v) is 3.25. The van der Waals surface area contributed by atoms with E-state index < -0.39 is 0 Å². The van der Waals surface area contributed by atoms with Crippen molar-refractivity contribution in [3.8, 4) is 0 Å². The van der Waals surface area contributed by atoms with Gasteiger partial charge in [-0.15, -0.1) is 22.6 Å². The third-order valence-corrected chi connectivity index (χ3v) is 2.08. The Labute approximate surface area is 92.1 Å². The summed E-state index contributed by atoms with van der Waals surface area (Å²) >= 11 is 0. The van der Waals surface area contributed by atoms with Crippen molar-refractivity contribution in [2.45, 2.75) is 13.0 Å². The molecule has 2 aromatic heterocycles. The Balaban J connectivity index is 0.00000112. The van der Waals surface area contributed by atoms with Gasteiger partial charge in [-0.3, -0.25) is 9.20 Å². The standard InChI is InChI=1S/C8H11N5O.ClH/c1-5(9)6-10-11-7-8(14)12(2)3-4-13(6)7;/h3-5H,9H2,1-2H3;1H. The summed E-state index contributed by atoms with van der Waals surface area (Å²) in [6, 6.07) is -0.239. The molecule has 0 radical (unpaired) electrons. The molecule has 1 unspecified atom stereocenters. The van der Waals surface area contributed by atoms with Crippen molar-refractivity contribution < 1.29 is 0 Å². The van der Waals surface area contributed by atoms with Crippen molar-refractivity contribution in [3.63, 3.8) is 0 Å². The predicted molar refractivity (Wildman–Crippen MR) is 58.1 cm³/mol. The van der Waals surface area contributed by atoms with Crippen molar-refractivity contribution in [1.29, 1.82) is 0 Å². The molecule has 7 heteroatoms. The largest absolute Gasteiger partial charge is 0.322 e. The van der Waals surface area contributed by atoms with Gasteiger partial charge in [0, 0.05) is 19.4 Å². The molecule has 2 aromatic rings. The summed E-state index contributed by atoms with van der Waals surface area (Å²) in [5, 5.41) is 7.67. The SMILES string of the molecule is CC(N)c1nnc2c(=O)n(C)ccn12.Cl. The highest BCUT2D eigenvalue weighted by atomic mass is 35.5. The van der Waals surface area contributed by atoms with Gasteiger partial charge in [0.25, 0.3) is 5.56 Å². The molecule has 2 N–H and O–H groups in total. The van der Waals surface area contributed by atoms with Crippen molar-refractivity contribution in [1.82, 2.24) is 19.2 Å². The van der Waals surface area contributed by atoms with Gasteiger partial charge in [-0.2, -0.15) is 0 Å². The van der Waals surface area contributed by atoms with Gasteiger partial charge in [0.1, 0.15) is 0 Å². The zero-order valence-corrected chi connectivity index (χ0v) is 9.23. The Kier molecular flexibility index (Phi) is 3.11. The molecule has 2 heterocycles. The van der Waals surface area contributed by atoms with Gasteiger partial charge in [0.2, 0.25) is 5.65 Å². The molecule has 0 aliphatic carbocycles. The van der Waals surface area contributed by atoms with Crippen LogP contribution in [0.5, 0.6) is 0 Å². The minimum absolute atomic E-state index is 0. The summed E-state index contributed by atoms with van der Waals surface area (Å²) in [5.41, 5.74) is 5.81. The minimum atomic E-state index is -0.239. The summed E-state index contributed by atoms with van der Waals surface area (Å²) < 4.78 is 3.07. The third-order valence-electron chi connectivity index (χ3n) is 2.08. The van der Waals surface area contributed by atoms with E-state index in [-0.39, 0.29) is 24.0 Å². The van der Waals surface area contributed by atoms with Gasteiger partial charge < -0.3 is 10.3 Å². The van der Waals surface area contributed by atoms with E-state index in [1.807, 2.05) is 0 Å². The molecule has 2 rings (SSSR count). The fourth-order valence-electron chi connectivity index (χ4n) is 1.30. The summed E-state index contributed by atoms with van der Waals surface area (Å²) in [6.45, 7) is 1.80. The number of nitrogens with two attached hydrogens (primary N) is 1. The maximum absolute atomic E-state index is 11.6. The van der Waals surface area contributed by atoms with Crippen LogP contribution in [-0.4, -0.2) is 19.2 Å². The quantitative estimate of drug-likeness (QED) is 0.739. The molecule has 15 heavy (non-hydrogen) atoms. The average Bonchev–Trinajstić information content (AvgIpc) is 2.55. The molecule has 0 bridgehead atoms. The van der Waals surface area contributed by atoms with E-state index in [0.29, 0.717) is 11.5 Å². The molecule has 0 spiro atoms. The van der Waals surface area contributed by atoms with Gasteiger partial charge in [-0.05, 0) is 6.92 Å². The Morgan fingerprint density at radius 1 is 1.40 bits per heavy atom. The topological polar surface area (TPSA) is 78.2 Å². The molecule has 0 fully saturated rings. The first-order valence-electron chi connectivity index (χ1n) is 4.27. The predicted octanol–water partition coefficient (Wildman–Crippen LogP) is -0.130. The fraction of sp³-hybridized carbons (Fsp3) is 0.375. The number of hydrogen-bond donors (Lipinski definition) is 1. The zero-order valence-electron chi connectivity index (χ0n) is 8.41. The lowest BCUT2D eigenvalue weighted by molar-refractivity contribution is 0.721. The number of aryl methyl sites for hydroxylation is 1. The van der Waals surface area contributed by atoms with E-state index in [0.717, 1.165) is 0 Å². The summed E-state index contributed by atoms with van der Waals surface area (Å²) in [5.74, 6) is 0.595. The van der Waals surface area contributed by atoms with E-state index in [1.165, 1.54) is 4.57 Å². The highest BCUT2D eigenvalue weighted by Crippen LogP contribution is 2.05. The number of halogens is 1. The minimum Gasteiger partial charge on any atom is -0.322 e. The maximum atomic E-state index is 11.6. The van der Waals surface area contributed by atoms with Crippen molar-refractivity contribution >= 4 is 18.1 Å². The van der Waals surface area contributed by atoms with Gasteiger partial charge in [0.05, 0.1) is 6.04 Å². The van der Waals surface area contributed by atoms with Crippen LogP contribution >= 0.6 is 12.4 Å². The van der Waals surface area contributed by atoms with Crippen LogP contribution in [0.25, 0.3) is 5.65 Å². The monoisotopic (exact) mass is 229 g/mol. The molecule has 0 saturated heterocycles. The van der Waals surface area contributed by atoms with Crippen molar-refractivity contribution in [2.75, 3.05) is 0 Å². The number of aromatic nitrogens is 4. The summed E-state index contributed by atoms with van der Waals surface area (Å²) in [6.07, 6.45) is 3.39. The van der Waals surface area contributed by atoms with E-state index in [9.17, 15) is 4.79 Å². The molecule has 0 aromatic carbocycles. The van der Waals surface area contributed by atoms with Crippen molar-refractivity contribution in [2.24, 2.45) is 12.8 Å². The molecule has 0 amide bonds. The first-order valence-corrected chi connectivity index (χ1v) is 4.27. The zero-order chi connectivity index (χ0) is 10.3. The Hall–Kier alpha value is -1.40. The van der Waals surface area contributed by atoms with Crippen LogP contribution in [0.1, 0.15) is 18.8 Å². The lowest BCUT2D eigenvalue weighted by atomic mass is 10.3. The second-order valence-electron chi connectivity index (χ2n) is 3.25. The van der Waals surface area contributed by atoms with E-state index in [2.05, 4.69) is 10.2 Å². The third kappa shape index (κ3) is 1.73. The van der Waals surface area contributed by atoms with Crippen LogP contribution in [-0.2, 0) is 7.05 Å². The number of fused-ring (bicyclic) bond motifs is 1. The lowest BCUT2D eigenvalue weighted by Crippen LogP contribution is -2.19. The van der Waals surface area contributed by atoms with Gasteiger partial charge >= 0.3 is 0 Å². The first kappa shape index (κ1) is 11.7. The fourth-order valence-corrected chi connectivity index (χ4v) is 1.30.